The summed E-state index contributed by atoms with van der Waals surface area (Å²) in [5.74, 6) is -0.745. The molecule has 6 heteroatoms. The molecule has 0 saturated carbocycles. The number of likely N-dealkylation sites (tertiary alicyclic amines) is 1. The van der Waals surface area contributed by atoms with E-state index < -0.39 is 6.10 Å². The predicted octanol–water partition coefficient (Wildman–Crippen LogP) is 1.22. The molecule has 1 fully saturated rings. The van der Waals surface area contributed by atoms with Crippen LogP contribution in [-0.2, 0) is 14.4 Å². The maximum absolute atomic E-state index is 11.9. The summed E-state index contributed by atoms with van der Waals surface area (Å²) in [6.07, 6.45) is -0.189. The molecule has 0 radical (unpaired) electrons. The number of rotatable bonds is 5. The van der Waals surface area contributed by atoms with Gasteiger partial charge in [-0.15, -0.1) is 0 Å². The Morgan fingerprint density at radius 1 is 1.29 bits per heavy atom. The molecule has 2 rings (SSSR count). The van der Waals surface area contributed by atoms with Crippen molar-refractivity contribution in [1.82, 2.24) is 4.90 Å². The zero-order valence-corrected chi connectivity index (χ0v) is 11.8. The molecule has 0 aliphatic carbocycles. The lowest BCUT2D eigenvalue weighted by molar-refractivity contribution is -0.138. The molecular formula is C15H18N2O4. The minimum Gasteiger partial charge on any atom is -0.389 e. The topological polar surface area (TPSA) is 86.7 Å². The van der Waals surface area contributed by atoms with Crippen LogP contribution in [0.4, 0.5) is 5.69 Å². The number of imide groups is 1. The minimum atomic E-state index is -0.691. The van der Waals surface area contributed by atoms with Gasteiger partial charge in [0.05, 0.1) is 6.10 Å². The number of aliphatic hydroxyl groups excluding tert-OH is 1. The number of hydrogen-bond acceptors (Lipinski definition) is 4. The van der Waals surface area contributed by atoms with Gasteiger partial charge in [-0.05, 0) is 13.0 Å². The Balaban J connectivity index is 1.93. The molecule has 21 heavy (non-hydrogen) atoms. The van der Waals surface area contributed by atoms with Crippen molar-refractivity contribution in [1.29, 1.82) is 0 Å². The van der Waals surface area contributed by atoms with Crippen LogP contribution in [-0.4, -0.2) is 34.3 Å². The molecule has 2 N–H and O–H groups in total. The Kier molecular flexibility index (Phi) is 4.70. The third kappa shape index (κ3) is 3.66. The van der Waals surface area contributed by atoms with E-state index in [-0.39, 0.29) is 43.5 Å². The highest BCUT2D eigenvalue weighted by molar-refractivity contribution is 6.02. The number of hydrogen-bond donors (Lipinski definition) is 2. The Morgan fingerprint density at radius 2 is 1.90 bits per heavy atom. The van der Waals surface area contributed by atoms with Gasteiger partial charge in [0.25, 0.3) is 0 Å². The summed E-state index contributed by atoms with van der Waals surface area (Å²) in [5.41, 5.74) is 1.16. The molecule has 1 unspecified atom stereocenters. The van der Waals surface area contributed by atoms with Gasteiger partial charge in [-0.3, -0.25) is 19.3 Å². The number of carbonyl (C=O) groups excluding carboxylic acids is 3. The van der Waals surface area contributed by atoms with Crippen LogP contribution in [0.5, 0.6) is 0 Å². The summed E-state index contributed by atoms with van der Waals surface area (Å²) in [6, 6.07) is 6.97. The monoisotopic (exact) mass is 290 g/mol. The summed E-state index contributed by atoms with van der Waals surface area (Å²) in [6.45, 7) is 1.72. The number of carbonyl (C=O) groups is 3. The highest BCUT2D eigenvalue weighted by Crippen LogP contribution is 2.22. The lowest BCUT2D eigenvalue weighted by Gasteiger charge is -2.15. The molecule has 0 bridgehead atoms. The summed E-state index contributed by atoms with van der Waals surface area (Å²) in [5, 5.41) is 12.3. The Bertz CT molecular complexity index is 553. The van der Waals surface area contributed by atoms with Gasteiger partial charge >= 0.3 is 0 Å². The van der Waals surface area contributed by atoms with Gasteiger partial charge in [-0.2, -0.15) is 0 Å². The standard InChI is InChI=1S/C15H18N2O4/c1-10(18)11-4-2-3-5-12(11)16-13(19)8-9-17-14(20)6-7-15(17)21/h2-5,10,18H,6-9H2,1H3,(H,16,19). The average Bonchev–Trinajstić information content (AvgIpc) is 2.76. The Labute approximate surface area is 122 Å². The molecule has 0 aromatic heterocycles. The van der Waals surface area contributed by atoms with Crippen molar-refractivity contribution in [2.75, 3.05) is 11.9 Å². The second kappa shape index (κ2) is 6.49. The van der Waals surface area contributed by atoms with Crippen molar-refractivity contribution >= 4 is 23.4 Å². The van der Waals surface area contributed by atoms with Gasteiger partial charge in [0.2, 0.25) is 17.7 Å². The van der Waals surface area contributed by atoms with E-state index in [1.165, 1.54) is 0 Å². The van der Waals surface area contributed by atoms with Crippen molar-refractivity contribution < 1.29 is 19.5 Å². The van der Waals surface area contributed by atoms with E-state index in [0.717, 1.165) is 4.90 Å². The second-order valence-electron chi connectivity index (χ2n) is 5.00. The molecule has 1 aromatic carbocycles. The van der Waals surface area contributed by atoms with Gasteiger partial charge in [-0.25, -0.2) is 0 Å². The number of anilines is 1. The Hall–Kier alpha value is -2.21. The molecule has 1 saturated heterocycles. The average molecular weight is 290 g/mol. The van der Waals surface area contributed by atoms with Crippen molar-refractivity contribution in [3.63, 3.8) is 0 Å². The number of para-hydroxylation sites is 1. The van der Waals surface area contributed by atoms with E-state index in [4.69, 9.17) is 0 Å². The zero-order chi connectivity index (χ0) is 15.4. The van der Waals surface area contributed by atoms with E-state index in [0.29, 0.717) is 11.3 Å². The van der Waals surface area contributed by atoms with Crippen molar-refractivity contribution in [3.8, 4) is 0 Å². The number of nitrogens with zero attached hydrogens (tertiary/aromatic N) is 1. The second-order valence-corrected chi connectivity index (χ2v) is 5.00. The molecule has 1 aromatic rings. The van der Waals surface area contributed by atoms with E-state index in [9.17, 15) is 19.5 Å². The maximum atomic E-state index is 11.9. The summed E-state index contributed by atoms with van der Waals surface area (Å²) in [7, 11) is 0. The molecule has 6 nitrogen and oxygen atoms in total. The normalized spacial score (nSPS) is 16.2. The minimum absolute atomic E-state index is 0.0472. The number of nitrogens with one attached hydrogen (secondary N) is 1. The van der Waals surface area contributed by atoms with Crippen molar-refractivity contribution in [2.45, 2.75) is 32.3 Å². The smallest absolute Gasteiger partial charge is 0.229 e. The first-order valence-corrected chi connectivity index (χ1v) is 6.89. The fourth-order valence-corrected chi connectivity index (χ4v) is 2.27. The van der Waals surface area contributed by atoms with Crippen LogP contribution >= 0.6 is 0 Å². The molecule has 112 valence electrons. The lowest BCUT2D eigenvalue weighted by atomic mass is 10.1. The number of benzene rings is 1. The maximum Gasteiger partial charge on any atom is 0.229 e. The van der Waals surface area contributed by atoms with Crippen molar-refractivity contribution in [3.05, 3.63) is 29.8 Å². The molecule has 1 heterocycles. The van der Waals surface area contributed by atoms with Gasteiger partial charge in [0, 0.05) is 37.1 Å². The summed E-state index contributed by atoms with van der Waals surface area (Å²) < 4.78 is 0. The van der Waals surface area contributed by atoms with Gasteiger partial charge < -0.3 is 10.4 Å². The van der Waals surface area contributed by atoms with Gasteiger partial charge in [-0.1, -0.05) is 18.2 Å². The first kappa shape index (κ1) is 15.2. The molecule has 0 spiro atoms. The number of amides is 3. The van der Waals surface area contributed by atoms with Crippen LogP contribution in [0.15, 0.2) is 24.3 Å². The highest BCUT2D eigenvalue weighted by Gasteiger charge is 2.28. The van der Waals surface area contributed by atoms with Crippen LogP contribution in [0.25, 0.3) is 0 Å². The van der Waals surface area contributed by atoms with Crippen LogP contribution in [0, 0.1) is 0 Å². The van der Waals surface area contributed by atoms with Crippen molar-refractivity contribution in [2.24, 2.45) is 0 Å². The summed E-state index contributed by atoms with van der Waals surface area (Å²) in [4.78, 5) is 35.9. The Morgan fingerprint density at radius 3 is 2.52 bits per heavy atom. The third-order valence-electron chi connectivity index (χ3n) is 3.40. The summed E-state index contributed by atoms with van der Waals surface area (Å²) >= 11 is 0. The largest absolute Gasteiger partial charge is 0.389 e. The molecule has 3 amide bonds. The third-order valence-corrected chi connectivity index (χ3v) is 3.40. The first-order valence-electron chi connectivity index (χ1n) is 6.89. The highest BCUT2D eigenvalue weighted by atomic mass is 16.3. The van der Waals surface area contributed by atoms with Crippen LogP contribution in [0.3, 0.4) is 0 Å². The molecule has 1 atom stereocenters. The lowest BCUT2D eigenvalue weighted by Crippen LogP contribution is -2.32. The van der Waals surface area contributed by atoms with Crippen LogP contribution < -0.4 is 5.32 Å². The van der Waals surface area contributed by atoms with Gasteiger partial charge in [0.1, 0.15) is 0 Å². The van der Waals surface area contributed by atoms with E-state index in [1.807, 2.05) is 0 Å². The van der Waals surface area contributed by atoms with Gasteiger partial charge in [0.15, 0.2) is 0 Å². The van der Waals surface area contributed by atoms with E-state index in [1.54, 1.807) is 31.2 Å². The fraction of sp³-hybridized carbons (Fsp3) is 0.400. The SMILES string of the molecule is CC(O)c1ccccc1NC(=O)CCN1C(=O)CCC1=O. The molecule has 1 aliphatic heterocycles. The fourth-order valence-electron chi connectivity index (χ4n) is 2.27. The quantitative estimate of drug-likeness (QED) is 0.798. The first-order chi connectivity index (χ1) is 9.99. The number of aliphatic hydroxyl groups is 1. The van der Waals surface area contributed by atoms with Crippen LogP contribution in [0.2, 0.25) is 0 Å². The van der Waals surface area contributed by atoms with E-state index in [2.05, 4.69) is 5.32 Å². The predicted molar refractivity (Wildman–Crippen MR) is 76.3 cm³/mol. The zero-order valence-electron chi connectivity index (χ0n) is 11.8. The van der Waals surface area contributed by atoms with Crippen LogP contribution in [0.1, 0.15) is 37.9 Å². The molecular weight excluding hydrogens is 272 g/mol. The molecule has 1 aliphatic rings. The van der Waals surface area contributed by atoms with E-state index >= 15 is 0 Å².